The topological polar surface area (TPSA) is 49.8 Å². The summed E-state index contributed by atoms with van der Waals surface area (Å²) in [5.41, 5.74) is 0.0833. The van der Waals surface area contributed by atoms with E-state index < -0.39 is 0 Å². The van der Waals surface area contributed by atoms with Crippen molar-refractivity contribution in [1.29, 1.82) is 0 Å². The highest BCUT2D eigenvalue weighted by Crippen LogP contribution is 2.10. The van der Waals surface area contributed by atoms with Crippen LogP contribution in [-0.4, -0.2) is 48.3 Å². The van der Waals surface area contributed by atoms with Gasteiger partial charge in [0.25, 0.3) is 0 Å². The molecule has 96 valence electrons. The Balaban J connectivity index is 0.000000293. The number of methoxy groups -OCH3 is 1. The Hall–Kier alpha value is -0.610. The second kappa shape index (κ2) is 7.63. The first-order chi connectivity index (χ1) is 7.45. The molecule has 0 radical (unpaired) electrons. The Kier molecular flexibility index (Phi) is 7.34. The zero-order valence-electron chi connectivity index (χ0n) is 10.9. The fourth-order valence-corrected chi connectivity index (χ4v) is 1.14. The van der Waals surface area contributed by atoms with Crippen molar-refractivity contribution in [1.82, 2.24) is 4.90 Å². The van der Waals surface area contributed by atoms with Gasteiger partial charge >= 0.3 is 0 Å². The average Bonchev–Trinajstić information content (AvgIpc) is 2.31. The van der Waals surface area contributed by atoms with E-state index in [4.69, 9.17) is 9.84 Å². The van der Waals surface area contributed by atoms with Crippen molar-refractivity contribution >= 4 is 6.41 Å². The molecule has 1 amide bonds. The van der Waals surface area contributed by atoms with Gasteiger partial charge < -0.3 is 14.7 Å². The van der Waals surface area contributed by atoms with Gasteiger partial charge in [0.15, 0.2) is 0 Å². The quantitative estimate of drug-likeness (QED) is 0.747. The minimum atomic E-state index is -0.179. The lowest BCUT2D eigenvalue weighted by Gasteiger charge is -2.25. The van der Waals surface area contributed by atoms with E-state index in [0.29, 0.717) is 13.1 Å². The van der Waals surface area contributed by atoms with Crippen LogP contribution in [0, 0.1) is 0 Å². The third kappa shape index (κ3) is 6.80. The van der Waals surface area contributed by atoms with Crippen LogP contribution in [0.2, 0.25) is 0 Å². The number of piperidine rings is 1. The van der Waals surface area contributed by atoms with Crippen molar-refractivity contribution in [2.75, 3.05) is 20.2 Å². The van der Waals surface area contributed by atoms with Crippen LogP contribution < -0.4 is 0 Å². The number of hydrogen-bond donors (Lipinski definition) is 1. The van der Waals surface area contributed by atoms with Crippen molar-refractivity contribution in [3.05, 3.63) is 0 Å². The van der Waals surface area contributed by atoms with Gasteiger partial charge in [0.2, 0.25) is 6.41 Å². The summed E-state index contributed by atoms with van der Waals surface area (Å²) < 4.78 is 5.09. The number of carbonyl (C=O) groups excluding carboxylic acids is 1. The molecular formula is C12H25NO3. The SMILES string of the molecule is CCC(C)(C)OC.O=CN1CCC(O)CC1. The van der Waals surface area contributed by atoms with Gasteiger partial charge in [0.1, 0.15) is 0 Å². The molecule has 1 saturated heterocycles. The number of rotatable bonds is 3. The van der Waals surface area contributed by atoms with E-state index in [2.05, 4.69) is 20.8 Å². The molecule has 16 heavy (non-hydrogen) atoms. The molecule has 4 nitrogen and oxygen atoms in total. The monoisotopic (exact) mass is 231 g/mol. The lowest BCUT2D eigenvalue weighted by Crippen LogP contribution is -2.34. The maximum absolute atomic E-state index is 10.1. The number of nitrogens with zero attached hydrogens (tertiary/aromatic N) is 1. The van der Waals surface area contributed by atoms with E-state index in [1.54, 1.807) is 12.0 Å². The van der Waals surface area contributed by atoms with Crippen molar-refractivity contribution in [2.45, 2.75) is 51.7 Å². The van der Waals surface area contributed by atoms with E-state index in [-0.39, 0.29) is 11.7 Å². The molecule has 1 fully saturated rings. The van der Waals surface area contributed by atoms with Crippen molar-refractivity contribution in [2.24, 2.45) is 0 Å². The van der Waals surface area contributed by atoms with Gasteiger partial charge in [-0.25, -0.2) is 0 Å². The fourth-order valence-electron chi connectivity index (χ4n) is 1.14. The molecule has 0 saturated carbocycles. The summed E-state index contributed by atoms with van der Waals surface area (Å²) >= 11 is 0. The summed E-state index contributed by atoms with van der Waals surface area (Å²) in [6.45, 7) is 7.69. The molecule has 0 atom stereocenters. The van der Waals surface area contributed by atoms with Crippen LogP contribution >= 0.6 is 0 Å². The van der Waals surface area contributed by atoms with Crippen molar-refractivity contribution in [3.63, 3.8) is 0 Å². The molecule has 1 rings (SSSR count). The van der Waals surface area contributed by atoms with Gasteiger partial charge in [-0.1, -0.05) is 6.92 Å². The number of hydrogen-bond acceptors (Lipinski definition) is 3. The molecule has 0 aromatic rings. The van der Waals surface area contributed by atoms with Crippen molar-refractivity contribution < 1.29 is 14.6 Å². The summed E-state index contributed by atoms with van der Waals surface area (Å²) in [5.74, 6) is 0. The molecule has 4 heteroatoms. The van der Waals surface area contributed by atoms with Gasteiger partial charge in [-0.05, 0) is 33.1 Å². The average molecular weight is 231 g/mol. The molecule has 0 spiro atoms. The first kappa shape index (κ1) is 15.4. The Bertz CT molecular complexity index is 181. The van der Waals surface area contributed by atoms with Crippen LogP contribution in [0.3, 0.4) is 0 Å². The second-order valence-electron chi connectivity index (χ2n) is 4.69. The molecule has 1 aliphatic heterocycles. The molecule has 0 aromatic heterocycles. The van der Waals surface area contributed by atoms with Gasteiger partial charge in [0.05, 0.1) is 11.7 Å². The second-order valence-corrected chi connectivity index (χ2v) is 4.69. The molecule has 0 aromatic carbocycles. The predicted octanol–water partition coefficient (Wildman–Crippen LogP) is 1.42. The maximum Gasteiger partial charge on any atom is 0.209 e. The molecule has 1 N–H and O–H groups in total. The van der Waals surface area contributed by atoms with Gasteiger partial charge in [-0.15, -0.1) is 0 Å². The Morgan fingerprint density at radius 1 is 1.44 bits per heavy atom. The van der Waals surface area contributed by atoms with E-state index in [1.807, 2.05) is 0 Å². The van der Waals surface area contributed by atoms with Crippen LogP contribution in [0.1, 0.15) is 40.0 Å². The van der Waals surface area contributed by atoms with Crippen LogP contribution in [0.25, 0.3) is 0 Å². The zero-order chi connectivity index (χ0) is 12.6. The van der Waals surface area contributed by atoms with E-state index >= 15 is 0 Å². The minimum Gasteiger partial charge on any atom is -0.393 e. The maximum atomic E-state index is 10.1. The van der Waals surface area contributed by atoms with Crippen molar-refractivity contribution in [3.8, 4) is 0 Å². The lowest BCUT2D eigenvalue weighted by molar-refractivity contribution is -0.119. The summed E-state index contributed by atoms with van der Waals surface area (Å²) in [6.07, 6.45) is 3.20. The molecule has 1 heterocycles. The number of likely N-dealkylation sites (tertiary alicyclic amines) is 1. The lowest BCUT2D eigenvalue weighted by atomic mass is 10.1. The van der Waals surface area contributed by atoms with E-state index in [0.717, 1.165) is 25.7 Å². The molecule has 1 aliphatic rings. The number of carbonyl (C=O) groups is 1. The first-order valence-corrected chi connectivity index (χ1v) is 5.87. The summed E-state index contributed by atoms with van der Waals surface area (Å²) in [6, 6.07) is 0. The van der Waals surface area contributed by atoms with Crippen LogP contribution in [0.4, 0.5) is 0 Å². The first-order valence-electron chi connectivity index (χ1n) is 5.87. The van der Waals surface area contributed by atoms with Gasteiger partial charge in [-0.3, -0.25) is 4.79 Å². The Labute approximate surface area is 98.6 Å². The van der Waals surface area contributed by atoms with Gasteiger partial charge in [0, 0.05) is 20.2 Å². The number of amides is 1. The Morgan fingerprint density at radius 2 is 1.94 bits per heavy atom. The molecule has 0 bridgehead atoms. The fraction of sp³-hybridized carbons (Fsp3) is 0.917. The van der Waals surface area contributed by atoms with Crippen LogP contribution in [-0.2, 0) is 9.53 Å². The summed E-state index contributed by atoms with van der Waals surface area (Å²) in [4.78, 5) is 11.8. The number of ether oxygens (including phenoxy) is 1. The molecule has 0 aliphatic carbocycles. The number of aliphatic hydroxyl groups excluding tert-OH is 1. The smallest absolute Gasteiger partial charge is 0.209 e. The minimum absolute atomic E-state index is 0.0833. The zero-order valence-corrected chi connectivity index (χ0v) is 10.9. The Morgan fingerprint density at radius 3 is 2.19 bits per heavy atom. The highest BCUT2D eigenvalue weighted by atomic mass is 16.5. The highest BCUT2D eigenvalue weighted by Gasteiger charge is 2.14. The molecular weight excluding hydrogens is 206 g/mol. The van der Waals surface area contributed by atoms with Crippen LogP contribution in [0.15, 0.2) is 0 Å². The van der Waals surface area contributed by atoms with E-state index in [1.165, 1.54) is 0 Å². The predicted molar refractivity (Wildman–Crippen MR) is 64.3 cm³/mol. The summed E-state index contributed by atoms with van der Waals surface area (Å²) in [7, 11) is 1.74. The number of aliphatic hydroxyl groups is 1. The largest absolute Gasteiger partial charge is 0.393 e. The van der Waals surface area contributed by atoms with E-state index in [9.17, 15) is 4.79 Å². The third-order valence-corrected chi connectivity index (χ3v) is 3.05. The summed E-state index contributed by atoms with van der Waals surface area (Å²) in [5, 5.41) is 8.98. The highest BCUT2D eigenvalue weighted by molar-refractivity contribution is 5.47. The third-order valence-electron chi connectivity index (χ3n) is 3.05. The standard InChI is InChI=1S/C6H11NO2.C6H14O/c8-5-7-3-1-6(9)2-4-7;1-5-6(2,3)7-4/h5-6,9H,1-4H2;5H2,1-4H3. The van der Waals surface area contributed by atoms with Gasteiger partial charge in [-0.2, -0.15) is 0 Å². The molecule has 0 unspecified atom stereocenters. The normalized spacial score (nSPS) is 17.7. The van der Waals surface area contributed by atoms with Crippen LogP contribution in [0.5, 0.6) is 0 Å².